The highest BCUT2D eigenvalue weighted by molar-refractivity contribution is 7.98. The molecule has 1 aromatic heterocycles. The minimum absolute atomic E-state index is 0.0184. The van der Waals surface area contributed by atoms with Crippen molar-refractivity contribution in [3.8, 4) is 22.6 Å². The van der Waals surface area contributed by atoms with Crippen LogP contribution in [0.1, 0.15) is 5.56 Å². The molecule has 29 heavy (non-hydrogen) atoms. The van der Waals surface area contributed by atoms with Gasteiger partial charge in [0.05, 0.1) is 30.3 Å². The van der Waals surface area contributed by atoms with Gasteiger partial charge in [-0.15, -0.1) is 11.8 Å². The number of hydrogen-bond donors (Lipinski definition) is 1. The van der Waals surface area contributed by atoms with Crippen LogP contribution >= 0.6 is 11.8 Å². The van der Waals surface area contributed by atoms with E-state index in [1.807, 2.05) is 72.8 Å². The molecule has 4 aromatic rings. The van der Waals surface area contributed by atoms with E-state index < -0.39 is 0 Å². The lowest BCUT2D eigenvalue weighted by Crippen LogP contribution is -2.09. The molecule has 0 atom stereocenters. The second-order valence-corrected chi connectivity index (χ2v) is 7.56. The predicted octanol–water partition coefficient (Wildman–Crippen LogP) is 5.50. The Morgan fingerprint density at radius 2 is 1.55 bits per heavy atom. The Kier molecular flexibility index (Phi) is 5.58. The average Bonchev–Trinajstić information content (AvgIpc) is 2.78. The van der Waals surface area contributed by atoms with Gasteiger partial charge in [0, 0.05) is 17.2 Å². The molecule has 3 aromatic carbocycles. The Hall–Kier alpha value is -3.18. The van der Waals surface area contributed by atoms with Gasteiger partial charge < -0.3 is 14.5 Å². The third-order valence-corrected chi connectivity index (χ3v) is 5.85. The first kappa shape index (κ1) is 19.2. The standard InChI is InChI=1S/C24H21NO3S/c1-27-18-10-8-16(9-11-18)15-29-24-22(17-6-4-3-5-7-17)23(26)20-13-12-19(28-2)14-21(20)25-24/h3-14H,15H2,1-2H3,(H,25,26). The van der Waals surface area contributed by atoms with Crippen molar-refractivity contribution in [2.45, 2.75) is 10.8 Å². The molecule has 4 nitrogen and oxygen atoms in total. The van der Waals surface area contributed by atoms with Gasteiger partial charge in [0.15, 0.2) is 5.43 Å². The number of nitrogens with one attached hydrogen (secondary N) is 1. The van der Waals surface area contributed by atoms with Crippen molar-refractivity contribution in [1.82, 2.24) is 4.98 Å². The van der Waals surface area contributed by atoms with Gasteiger partial charge in [-0.2, -0.15) is 0 Å². The first-order valence-electron chi connectivity index (χ1n) is 9.25. The fourth-order valence-corrected chi connectivity index (χ4v) is 4.27. The van der Waals surface area contributed by atoms with E-state index in [-0.39, 0.29) is 5.43 Å². The van der Waals surface area contributed by atoms with E-state index in [0.29, 0.717) is 16.7 Å². The van der Waals surface area contributed by atoms with Crippen molar-refractivity contribution in [2.24, 2.45) is 0 Å². The maximum absolute atomic E-state index is 13.4. The highest BCUT2D eigenvalue weighted by atomic mass is 32.2. The van der Waals surface area contributed by atoms with E-state index >= 15 is 0 Å². The zero-order valence-corrected chi connectivity index (χ0v) is 17.1. The third kappa shape index (κ3) is 4.00. The monoisotopic (exact) mass is 403 g/mol. The van der Waals surface area contributed by atoms with Crippen LogP contribution in [0.25, 0.3) is 22.0 Å². The molecule has 1 heterocycles. The molecule has 0 saturated heterocycles. The lowest BCUT2D eigenvalue weighted by molar-refractivity contribution is 0.414. The van der Waals surface area contributed by atoms with E-state index in [1.165, 1.54) is 0 Å². The number of fused-ring (bicyclic) bond motifs is 1. The summed E-state index contributed by atoms with van der Waals surface area (Å²) < 4.78 is 10.6. The van der Waals surface area contributed by atoms with Crippen molar-refractivity contribution in [3.05, 3.63) is 88.6 Å². The molecule has 0 aliphatic carbocycles. The lowest BCUT2D eigenvalue weighted by atomic mass is 10.0. The van der Waals surface area contributed by atoms with Gasteiger partial charge in [-0.1, -0.05) is 42.5 Å². The Morgan fingerprint density at radius 3 is 2.24 bits per heavy atom. The van der Waals surface area contributed by atoms with Gasteiger partial charge in [0.25, 0.3) is 0 Å². The summed E-state index contributed by atoms with van der Waals surface area (Å²) in [5.74, 6) is 2.27. The SMILES string of the molecule is COc1ccc(CSc2[nH]c3cc(OC)ccc3c(=O)c2-c2ccccc2)cc1. The molecular formula is C24H21NO3S. The predicted molar refractivity (Wildman–Crippen MR) is 119 cm³/mol. The largest absolute Gasteiger partial charge is 0.497 e. The van der Waals surface area contributed by atoms with Gasteiger partial charge in [0.1, 0.15) is 11.5 Å². The van der Waals surface area contributed by atoms with Gasteiger partial charge in [-0.3, -0.25) is 4.79 Å². The summed E-state index contributed by atoms with van der Waals surface area (Å²) in [5.41, 5.74) is 3.54. The van der Waals surface area contributed by atoms with E-state index in [4.69, 9.17) is 9.47 Å². The highest BCUT2D eigenvalue weighted by Crippen LogP contribution is 2.32. The number of pyridine rings is 1. The van der Waals surface area contributed by atoms with Gasteiger partial charge in [-0.25, -0.2) is 0 Å². The summed E-state index contributed by atoms with van der Waals surface area (Å²) in [7, 11) is 3.28. The number of H-pyrrole nitrogens is 1. The highest BCUT2D eigenvalue weighted by Gasteiger charge is 2.15. The number of rotatable bonds is 6. The molecule has 0 saturated carbocycles. The minimum Gasteiger partial charge on any atom is -0.497 e. The topological polar surface area (TPSA) is 51.3 Å². The molecule has 0 aliphatic heterocycles. The third-order valence-electron chi connectivity index (χ3n) is 4.78. The molecule has 0 amide bonds. The quantitative estimate of drug-likeness (QED) is 0.432. The van der Waals surface area contributed by atoms with Crippen LogP contribution in [0.5, 0.6) is 11.5 Å². The summed E-state index contributed by atoms with van der Waals surface area (Å²) in [6.07, 6.45) is 0. The van der Waals surface area contributed by atoms with Crippen LogP contribution in [0, 0.1) is 0 Å². The molecular weight excluding hydrogens is 382 g/mol. The van der Waals surface area contributed by atoms with Crippen molar-refractivity contribution < 1.29 is 9.47 Å². The molecule has 146 valence electrons. The fraction of sp³-hybridized carbons (Fsp3) is 0.125. The Morgan fingerprint density at radius 1 is 0.862 bits per heavy atom. The normalized spacial score (nSPS) is 10.8. The Labute approximate surface area is 173 Å². The van der Waals surface area contributed by atoms with Crippen molar-refractivity contribution in [2.75, 3.05) is 14.2 Å². The molecule has 0 unspecified atom stereocenters. The smallest absolute Gasteiger partial charge is 0.198 e. The van der Waals surface area contributed by atoms with Crippen LogP contribution in [-0.2, 0) is 5.75 Å². The number of ether oxygens (including phenoxy) is 2. The molecule has 0 aliphatic rings. The first-order chi connectivity index (χ1) is 14.2. The number of hydrogen-bond acceptors (Lipinski definition) is 4. The van der Waals surface area contributed by atoms with Gasteiger partial charge >= 0.3 is 0 Å². The number of benzene rings is 3. The van der Waals surface area contributed by atoms with Crippen molar-refractivity contribution >= 4 is 22.7 Å². The van der Waals surface area contributed by atoms with Crippen molar-refractivity contribution in [1.29, 1.82) is 0 Å². The summed E-state index contributed by atoms with van der Waals surface area (Å²) in [6, 6.07) is 23.3. The van der Waals surface area contributed by atoms with E-state index in [0.717, 1.165) is 33.2 Å². The van der Waals surface area contributed by atoms with Crippen LogP contribution in [0.4, 0.5) is 0 Å². The fourth-order valence-electron chi connectivity index (χ4n) is 3.23. The van der Waals surface area contributed by atoms with Crippen LogP contribution in [0.15, 0.2) is 82.6 Å². The zero-order chi connectivity index (χ0) is 20.2. The molecule has 1 N–H and O–H groups in total. The zero-order valence-electron chi connectivity index (χ0n) is 16.3. The minimum atomic E-state index is 0.0184. The van der Waals surface area contributed by atoms with Crippen LogP contribution in [-0.4, -0.2) is 19.2 Å². The lowest BCUT2D eigenvalue weighted by Gasteiger charge is -2.12. The molecule has 4 rings (SSSR count). The molecule has 5 heteroatoms. The Balaban J connectivity index is 1.79. The number of aromatic nitrogens is 1. The van der Waals surface area contributed by atoms with E-state index in [1.54, 1.807) is 26.0 Å². The van der Waals surface area contributed by atoms with Crippen LogP contribution < -0.4 is 14.9 Å². The van der Waals surface area contributed by atoms with E-state index in [9.17, 15) is 4.79 Å². The van der Waals surface area contributed by atoms with Crippen LogP contribution in [0.2, 0.25) is 0 Å². The summed E-state index contributed by atoms with van der Waals surface area (Å²) in [4.78, 5) is 16.8. The number of methoxy groups -OCH3 is 2. The molecule has 0 spiro atoms. The second-order valence-electron chi connectivity index (χ2n) is 6.57. The maximum atomic E-state index is 13.4. The maximum Gasteiger partial charge on any atom is 0.198 e. The average molecular weight is 404 g/mol. The Bertz CT molecular complexity index is 1180. The summed E-state index contributed by atoms with van der Waals surface area (Å²) in [6.45, 7) is 0. The molecule has 0 bridgehead atoms. The first-order valence-corrected chi connectivity index (χ1v) is 10.2. The summed E-state index contributed by atoms with van der Waals surface area (Å²) >= 11 is 1.61. The number of aromatic amines is 1. The molecule has 0 radical (unpaired) electrons. The van der Waals surface area contributed by atoms with Crippen LogP contribution in [0.3, 0.4) is 0 Å². The van der Waals surface area contributed by atoms with E-state index in [2.05, 4.69) is 4.98 Å². The molecule has 0 fully saturated rings. The summed E-state index contributed by atoms with van der Waals surface area (Å²) in [5, 5.41) is 1.50. The number of thioether (sulfide) groups is 1. The van der Waals surface area contributed by atoms with Gasteiger partial charge in [-0.05, 0) is 35.4 Å². The van der Waals surface area contributed by atoms with Gasteiger partial charge in [0.2, 0.25) is 0 Å². The second kappa shape index (κ2) is 8.45. The van der Waals surface area contributed by atoms with Crippen molar-refractivity contribution in [3.63, 3.8) is 0 Å².